The molecule has 5 aromatic rings. The highest BCUT2D eigenvalue weighted by atomic mass is 16.7. The van der Waals surface area contributed by atoms with Crippen LogP contribution in [0.1, 0.15) is 18.2 Å². The van der Waals surface area contributed by atoms with Crippen LogP contribution >= 0.6 is 0 Å². The largest absolute Gasteiger partial charge is 0.454 e. The third-order valence-corrected chi connectivity index (χ3v) is 6.14. The quantitative estimate of drug-likeness (QED) is 0.367. The van der Waals surface area contributed by atoms with Gasteiger partial charge in [0.2, 0.25) is 12.7 Å². The van der Waals surface area contributed by atoms with E-state index in [0.717, 1.165) is 40.1 Å². The van der Waals surface area contributed by atoms with Crippen LogP contribution in [0.15, 0.2) is 83.8 Å². The van der Waals surface area contributed by atoms with Gasteiger partial charge in [-0.15, -0.1) is 0 Å². The topological polar surface area (TPSA) is 142 Å². The van der Waals surface area contributed by atoms with Gasteiger partial charge in [-0.3, -0.25) is 9.36 Å². The standard InChI is InChI=1S/C24H19NO3.C5H5N5/c1-2-18-13-17-7-6-10-20(16-11-12-21-22(14-16)28-15-27-21)23(17)24(26)25(18)19-8-4-3-5-9-19;6-1-3-2-9-5(8)10-4(3)7/h3-14H,2,15H2,1H3;2H,(H4,7,8,9,10). The number of aromatic nitrogens is 3. The number of benzene rings is 3. The molecular formula is C29H24N6O3. The van der Waals surface area contributed by atoms with E-state index in [2.05, 4.69) is 23.0 Å². The van der Waals surface area contributed by atoms with Crippen molar-refractivity contribution in [2.45, 2.75) is 13.3 Å². The highest BCUT2D eigenvalue weighted by molar-refractivity contribution is 5.96. The molecule has 9 heteroatoms. The highest BCUT2D eigenvalue weighted by Crippen LogP contribution is 2.37. The Kier molecular flexibility index (Phi) is 6.61. The van der Waals surface area contributed by atoms with Crippen LogP contribution in [0.2, 0.25) is 0 Å². The molecule has 0 saturated carbocycles. The maximum atomic E-state index is 13.6. The number of nitriles is 1. The number of hydrogen-bond donors (Lipinski definition) is 2. The van der Waals surface area contributed by atoms with Gasteiger partial charge in [-0.2, -0.15) is 10.2 Å². The molecule has 0 atom stereocenters. The van der Waals surface area contributed by atoms with Gasteiger partial charge in [0, 0.05) is 11.4 Å². The minimum absolute atomic E-state index is 0.00573. The molecule has 0 amide bonds. The first-order valence-corrected chi connectivity index (χ1v) is 11.9. The number of aryl methyl sites for hydroxylation is 1. The Morgan fingerprint density at radius 3 is 2.53 bits per heavy atom. The van der Waals surface area contributed by atoms with Crippen molar-refractivity contribution in [2.24, 2.45) is 0 Å². The normalized spacial score (nSPS) is 11.5. The smallest absolute Gasteiger partial charge is 0.263 e. The van der Waals surface area contributed by atoms with E-state index in [-0.39, 0.29) is 29.7 Å². The summed E-state index contributed by atoms with van der Waals surface area (Å²) >= 11 is 0. The van der Waals surface area contributed by atoms with Crippen LogP contribution in [-0.2, 0) is 6.42 Å². The molecule has 0 aliphatic carbocycles. The number of ether oxygens (including phenoxy) is 2. The third kappa shape index (κ3) is 4.58. The van der Waals surface area contributed by atoms with Crippen molar-refractivity contribution in [1.82, 2.24) is 14.5 Å². The Morgan fingerprint density at radius 1 is 1.00 bits per heavy atom. The number of nitrogen functional groups attached to an aromatic ring is 2. The fraction of sp³-hybridized carbons (Fsp3) is 0.103. The molecule has 9 nitrogen and oxygen atoms in total. The molecule has 1 aliphatic rings. The van der Waals surface area contributed by atoms with Crippen molar-refractivity contribution in [2.75, 3.05) is 18.3 Å². The zero-order valence-electron chi connectivity index (χ0n) is 20.6. The average Bonchev–Trinajstić information content (AvgIpc) is 3.41. The molecule has 0 saturated heterocycles. The molecule has 188 valence electrons. The van der Waals surface area contributed by atoms with Crippen molar-refractivity contribution >= 4 is 22.5 Å². The predicted molar refractivity (Wildman–Crippen MR) is 146 cm³/mol. The van der Waals surface area contributed by atoms with Crippen molar-refractivity contribution in [1.29, 1.82) is 5.26 Å². The van der Waals surface area contributed by atoms with Crippen molar-refractivity contribution in [3.63, 3.8) is 0 Å². The first-order valence-electron chi connectivity index (χ1n) is 11.9. The average molecular weight is 505 g/mol. The number of hydrogen-bond acceptors (Lipinski definition) is 8. The van der Waals surface area contributed by atoms with Crippen LogP contribution in [0.25, 0.3) is 27.6 Å². The summed E-state index contributed by atoms with van der Waals surface area (Å²) in [5.74, 6) is 1.65. The van der Waals surface area contributed by atoms with Gasteiger partial charge >= 0.3 is 0 Å². The van der Waals surface area contributed by atoms with E-state index in [1.54, 1.807) is 0 Å². The maximum absolute atomic E-state index is 13.6. The van der Waals surface area contributed by atoms with Crippen LogP contribution in [0, 0.1) is 11.3 Å². The summed E-state index contributed by atoms with van der Waals surface area (Å²) in [6, 6.07) is 25.5. The van der Waals surface area contributed by atoms with Crippen LogP contribution in [-0.4, -0.2) is 21.3 Å². The number of nitrogens with zero attached hydrogens (tertiary/aromatic N) is 4. The molecule has 0 bridgehead atoms. The molecular weight excluding hydrogens is 480 g/mol. The molecule has 6 rings (SSSR count). The number of anilines is 2. The predicted octanol–water partition coefficient (Wildman–Crippen LogP) is 4.46. The van der Waals surface area contributed by atoms with Crippen LogP contribution in [0.3, 0.4) is 0 Å². The summed E-state index contributed by atoms with van der Waals surface area (Å²) in [5.41, 5.74) is 14.4. The van der Waals surface area contributed by atoms with Crippen LogP contribution in [0.4, 0.5) is 11.8 Å². The number of pyridine rings is 1. The zero-order chi connectivity index (χ0) is 26.6. The monoisotopic (exact) mass is 504 g/mol. The van der Waals surface area contributed by atoms with Crippen molar-refractivity contribution in [3.05, 3.63) is 101 Å². The van der Waals surface area contributed by atoms with Gasteiger partial charge in [0.25, 0.3) is 5.56 Å². The van der Waals surface area contributed by atoms with E-state index >= 15 is 0 Å². The van der Waals surface area contributed by atoms with E-state index in [0.29, 0.717) is 11.1 Å². The summed E-state index contributed by atoms with van der Waals surface area (Å²) in [5, 5.41) is 10.0. The van der Waals surface area contributed by atoms with Gasteiger partial charge in [0.05, 0.1) is 11.6 Å². The van der Waals surface area contributed by atoms with E-state index < -0.39 is 0 Å². The highest BCUT2D eigenvalue weighted by Gasteiger charge is 2.17. The molecule has 1 aliphatic heterocycles. The molecule has 0 fully saturated rings. The molecule has 0 unspecified atom stereocenters. The van der Waals surface area contributed by atoms with E-state index in [9.17, 15) is 4.79 Å². The summed E-state index contributed by atoms with van der Waals surface area (Å²) in [7, 11) is 0. The van der Waals surface area contributed by atoms with E-state index in [4.69, 9.17) is 26.2 Å². The lowest BCUT2D eigenvalue weighted by molar-refractivity contribution is 0.174. The Hall–Kier alpha value is -5.36. The van der Waals surface area contributed by atoms with Gasteiger partial charge in [-0.05, 0) is 53.3 Å². The Balaban J connectivity index is 0.000000249. The lowest BCUT2D eigenvalue weighted by Crippen LogP contribution is -2.22. The molecule has 2 aromatic heterocycles. The van der Waals surface area contributed by atoms with Crippen molar-refractivity contribution < 1.29 is 9.47 Å². The Bertz CT molecular complexity index is 1740. The van der Waals surface area contributed by atoms with Crippen molar-refractivity contribution in [3.8, 4) is 34.4 Å². The summed E-state index contributed by atoms with van der Waals surface area (Å²) < 4.78 is 12.8. The first-order chi connectivity index (χ1) is 18.5. The maximum Gasteiger partial charge on any atom is 0.263 e. The molecule has 38 heavy (non-hydrogen) atoms. The lowest BCUT2D eigenvalue weighted by Gasteiger charge is -2.15. The van der Waals surface area contributed by atoms with Crippen LogP contribution in [0.5, 0.6) is 11.5 Å². The molecule has 3 heterocycles. The van der Waals surface area contributed by atoms with Gasteiger partial charge in [-0.1, -0.05) is 49.4 Å². The number of rotatable bonds is 3. The SMILES string of the molecule is CCc1cc2cccc(-c3ccc4c(c3)OCO4)c2c(=O)n1-c1ccccc1.N#Cc1cnc(N)nc1N. The lowest BCUT2D eigenvalue weighted by atomic mass is 9.98. The zero-order valence-corrected chi connectivity index (χ0v) is 20.6. The first kappa shape index (κ1) is 24.3. The van der Waals surface area contributed by atoms with Crippen LogP contribution < -0.4 is 26.5 Å². The Labute approximate surface area is 218 Å². The van der Waals surface area contributed by atoms with Gasteiger partial charge in [0.15, 0.2) is 11.5 Å². The Morgan fingerprint density at radius 2 is 1.79 bits per heavy atom. The fourth-order valence-corrected chi connectivity index (χ4v) is 4.34. The minimum atomic E-state index is -0.00573. The van der Waals surface area contributed by atoms with Gasteiger partial charge in [-0.25, -0.2) is 4.98 Å². The second kappa shape index (κ2) is 10.3. The second-order valence-corrected chi connectivity index (χ2v) is 8.44. The molecule has 0 radical (unpaired) electrons. The molecule has 3 aromatic carbocycles. The van der Waals surface area contributed by atoms with Gasteiger partial charge < -0.3 is 20.9 Å². The molecule has 4 N–H and O–H groups in total. The fourth-order valence-electron chi connectivity index (χ4n) is 4.34. The summed E-state index contributed by atoms with van der Waals surface area (Å²) in [6.07, 6.45) is 2.06. The van der Waals surface area contributed by atoms with E-state index in [1.165, 1.54) is 6.20 Å². The third-order valence-electron chi connectivity index (χ3n) is 6.14. The van der Waals surface area contributed by atoms with E-state index in [1.807, 2.05) is 77.4 Å². The number of nitrogens with two attached hydrogens (primary N) is 2. The second-order valence-electron chi connectivity index (χ2n) is 8.44. The summed E-state index contributed by atoms with van der Waals surface area (Å²) in [4.78, 5) is 20.8. The number of fused-ring (bicyclic) bond motifs is 2. The molecule has 0 spiro atoms. The minimum Gasteiger partial charge on any atom is -0.454 e. The van der Waals surface area contributed by atoms with Gasteiger partial charge in [0.1, 0.15) is 17.5 Å². The summed E-state index contributed by atoms with van der Waals surface area (Å²) in [6.45, 7) is 2.30. The number of para-hydroxylation sites is 1.